The molecule has 0 saturated heterocycles. The van der Waals surface area contributed by atoms with Gasteiger partial charge in [0.05, 0.1) is 67.2 Å². The van der Waals surface area contributed by atoms with Gasteiger partial charge in [0, 0.05) is 82.5 Å². The summed E-state index contributed by atoms with van der Waals surface area (Å²) in [5, 5.41) is 19.3. The molecule has 0 unspecified atom stereocenters. The zero-order chi connectivity index (χ0) is 59.4. The molecule has 18 aromatic rings. The van der Waals surface area contributed by atoms with Crippen LogP contribution in [-0.4, -0.2) is 28.2 Å². The Balaban J connectivity index is 0.879. The van der Waals surface area contributed by atoms with Crippen molar-refractivity contribution >= 4 is 87.2 Å². The Labute approximate surface area is 517 Å². The van der Waals surface area contributed by atoms with Gasteiger partial charge in [-0.2, -0.15) is 5.26 Å². The van der Waals surface area contributed by atoms with Crippen molar-refractivity contribution in [2.45, 2.75) is 0 Å². The molecule has 13 aromatic carbocycles. The van der Waals surface area contributed by atoms with Gasteiger partial charge in [0.1, 0.15) is 0 Å². The fourth-order valence-electron chi connectivity index (χ4n) is 14.0. The molecular formula is C83H51N7. The SMILES string of the molecule is N#Cc1ccc(-c2nc(-c3ccccc3)cc(-c3cc(-n4c5ccccc5c5ccc(-c6ccc7c(c6)c6ccccc6n7-c6ccccc6)cc54)cc(-n4c5ccccc5c5ccc(-c6ccc7c(c6)c6ccccc6n7-c6ccccc6)cc54)c3)n2)cc1. The lowest BCUT2D eigenvalue weighted by atomic mass is 10.0. The van der Waals surface area contributed by atoms with Crippen LogP contribution in [-0.2, 0) is 0 Å². The molecule has 5 aromatic heterocycles. The molecule has 0 saturated carbocycles. The Morgan fingerprint density at radius 3 is 1.02 bits per heavy atom. The second kappa shape index (κ2) is 20.4. The molecule has 0 amide bonds. The summed E-state index contributed by atoms with van der Waals surface area (Å²) in [4.78, 5) is 10.7. The van der Waals surface area contributed by atoms with Gasteiger partial charge in [-0.3, -0.25) is 0 Å². The monoisotopic (exact) mass is 1150 g/mol. The van der Waals surface area contributed by atoms with Crippen LogP contribution in [0.15, 0.2) is 309 Å². The summed E-state index contributed by atoms with van der Waals surface area (Å²) in [6.07, 6.45) is 0. The van der Waals surface area contributed by atoms with E-state index in [0.717, 1.165) is 117 Å². The summed E-state index contributed by atoms with van der Waals surface area (Å²) in [5.41, 5.74) is 22.6. The molecule has 0 atom stereocenters. The molecule has 7 nitrogen and oxygen atoms in total. The average Bonchev–Trinajstić information content (AvgIpc) is 1.63. The molecule has 7 heteroatoms. The van der Waals surface area contributed by atoms with Crippen LogP contribution in [0.1, 0.15) is 5.56 Å². The molecule has 0 aliphatic rings. The molecule has 18 rings (SSSR count). The van der Waals surface area contributed by atoms with Gasteiger partial charge in [-0.1, -0.05) is 176 Å². The lowest BCUT2D eigenvalue weighted by Crippen LogP contribution is -2.02. The van der Waals surface area contributed by atoms with Crippen molar-refractivity contribution in [1.82, 2.24) is 28.2 Å². The zero-order valence-corrected chi connectivity index (χ0v) is 48.6. The van der Waals surface area contributed by atoms with Crippen molar-refractivity contribution in [3.63, 3.8) is 0 Å². The van der Waals surface area contributed by atoms with Crippen molar-refractivity contribution < 1.29 is 0 Å². The van der Waals surface area contributed by atoms with E-state index in [1.165, 1.54) is 43.6 Å². The van der Waals surface area contributed by atoms with Crippen molar-refractivity contribution in [3.8, 4) is 85.0 Å². The fraction of sp³-hybridized carbons (Fsp3) is 0. The Hall–Kier alpha value is -12.4. The average molecular weight is 1150 g/mol. The molecular weight excluding hydrogens is 1090 g/mol. The van der Waals surface area contributed by atoms with E-state index >= 15 is 0 Å². The molecule has 418 valence electrons. The number of nitrogens with zero attached hydrogens (tertiary/aromatic N) is 7. The maximum absolute atomic E-state index is 9.84. The smallest absolute Gasteiger partial charge is 0.160 e. The molecule has 0 bridgehead atoms. The lowest BCUT2D eigenvalue weighted by Gasteiger charge is -2.17. The van der Waals surface area contributed by atoms with Gasteiger partial charge < -0.3 is 18.3 Å². The second-order valence-electron chi connectivity index (χ2n) is 23.3. The first-order valence-electron chi connectivity index (χ1n) is 30.4. The second-order valence-corrected chi connectivity index (χ2v) is 23.3. The topological polar surface area (TPSA) is 69.3 Å². The summed E-state index contributed by atoms with van der Waals surface area (Å²) in [6, 6.07) is 113. The van der Waals surface area contributed by atoms with Gasteiger partial charge in [0.2, 0.25) is 0 Å². The number of fused-ring (bicyclic) bond motifs is 12. The minimum atomic E-state index is 0.568. The zero-order valence-electron chi connectivity index (χ0n) is 48.6. The number of hydrogen-bond donors (Lipinski definition) is 0. The van der Waals surface area contributed by atoms with Gasteiger partial charge in [-0.15, -0.1) is 0 Å². The Bertz CT molecular complexity index is 5670. The normalized spacial score (nSPS) is 11.8. The van der Waals surface area contributed by atoms with E-state index < -0.39 is 0 Å². The first-order valence-corrected chi connectivity index (χ1v) is 30.4. The summed E-state index contributed by atoms with van der Waals surface area (Å²) >= 11 is 0. The quantitative estimate of drug-likeness (QED) is 0.145. The predicted octanol–water partition coefficient (Wildman–Crippen LogP) is 21.1. The molecule has 0 aliphatic carbocycles. The molecule has 0 aliphatic heterocycles. The van der Waals surface area contributed by atoms with Crippen LogP contribution < -0.4 is 0 Å². The van der Waals surface area contributed by atoms with E-state index in [9.17, 15) is 5.26 Å². The van der Waals surface area contributed by atoms with E-state index in [4.69, 9.17) is 9.97 Å². The number of benzene rings is 13. The molecule has 0 spiro atoms. The van der Waals surface area contributed by atoms with Crippen LogP contribution in [0.2, 0.25) is 0 Å². The summed E-state index contributed by atoms with van der Waals surface area (Å²) in [6.45, 7) is 0. The molecule has 0 fully saturated rings. The van der Waals surface area contributed by atoms with E-state index in [2.05, 4.69) is 291 Å². The van der Waals surface area contributed by atoms with Crippen LogP contribution in [0.25, 0.3) is 166 Å². The molecule has 90 heavy (non-hydrogen) atoms. The third kappa shape index (κ3) is 8.13. The van der Waals surface area contributed by atoms with Gasteiger partial charge in [-0.05, 0) is 156 Å². The predicted molar refractivity (Wildman–Crippen MR) is 371 cm³/mol. The number of nitriles is 1. The van der Waals surface area contributed by atoms with Gasteiger partial charge in [0.25, 0.3) is 0 Å². The van der Waals surface area contributed by atoms with Gasteiger partial charge in [-0.25, -0.2) is 9.97 Å². The highest BCUT2D eigenvalue weighted by Crippen LogP contribution is 2.43. The highest BCUT2D eigenvalue weighted by atomic mass is 15.0. The number of aromatic nitrogens is 6. The fourth-order valence-corrected chi connectivity index (χ4v) is 14.0. The van der Waals surface area contributed by atoms with E-state index in [-0.39, 0.29) is 0 Å². The first kappa shape index (κ1) is 50.9. The van der Waals surface area contributed by atoms with Gasteiger partial charge in [0.15, 0.2) is 5.82 Å². The van der Waals surface area contributed by atoms with E-state index in [1.807, 2.05) is 42.5 Å². The largest absolute Gasteiger partial charge is 0.309 e. The number of hydrogen-bond acceptors (Lipinski definition) is 3. The summed E-state index contributed by atoms with van der Waals surface area (Å²) < 4.78 is 9.64. The van der Waals surface area contributed by atoms with Crippen molar-refractivity contribution in [2.24, 2.45) is 0 Å². The lowest BCUT2D eigenvalue weighted by molar-refractivity contribution is 1.13. The van der Waals surface area contributed by atoms with Crippen LogP contribution in [0.3, 0.4) is 0 Å². The Kier molecular flexibility index (Phi) is 11.5. The highest BCUT2D eigenvalue weighted by Gasteiger charge is 2.22. The third-order valence-corrected chi connectivity index (χ3v) is 18.2. The van der Waals surface area contributed by atoms with Gasteiger partial charge >= 0.3 is 0 Å². The Morgan fingerprint density at radius 2 is 0.567 bits per heavy atom. The maximum Gasteiger partial charge on any atom is 0.160 e. The third-order valence-electron chi connectivity index (χ3n) is 18.2. The minimum Gasteiger partial charge on any atom is -0.309 e. The van der Waals surface area contributed by atoms with Crippen LogP contribution in [0, 0.1) is 11.3 Å². The standard InChI is InChI=1S/C83H51N7/c84-52-53-32-34-55(35-33-53)83-85-73(54-18-4-1-5-19-54)51-74(86-83)60-44-63(89-75-28-14-10-24-65(75)69-40-36-58(48-81(69)89)56-38-42-79-71(46-56)67-26-12-16-30-77(67)87(79)61-20-6-2-7-21-61)50-64(45-60)90-76-29-15-11-25-66(76)70-41-37-59(49-82(70)90)57-39-43-80-72(47-57)68-27-13-17-31-78(68)88(80)62-22-8-3-9-23-62/h1-51H. The van der Waals surface area contributed by atoms with Crippen molar-refractivity contribution in [2.75, 3.05) is 0 Å². The van der Waals surface area contributed by atoms with Crippen LogP contribution in [0.5, 0.6) is 0 Å². The van der Waals surface area contributed by atoms with E-state index in [1.54, 1.807) is 0 Å². The van der Waals surface area contributed by atoms with Crippen LogP contribution >= 0.6 is 0 Å². The minimum absolute atomic E-state index is 0.568. The summed E-state index contributed by atoms with van der Waals surface area (Å²) in [5.74, 6) is 0.568. The van der Waals surface area contributed by atoms with Crippen molar-refractivity contribution in [1.29, 1.82) is 5.26 Å². The number of rotatable bonds is 9. The highest BCUT2D eigenvalue weighted by molar-refractivity contribution is 6.15. The summed E-state index contributed by atoms with van der Waals surface area (Å²) in [7, 11) is 0. The molecule has 0 radical (unpaired) electrons. The van der Waals surface area contributed by atoms with Crippen LogP contribution in [0.4, 0.5) is 0 Å². The first-order chi connectivity index (χ1) is 44.6. The van der Waals surface area contributed by atoms with E-state index in [0.29, 0.717) is 11.4 Å². The number of para-hydroxylation sites is 6. The molecule has 5 heterocycles. The Morgan fingerprint density at radius 1 is 0.222 bits per heavy atom. The maximum atomic E-state index is 9.84. The molecule has 0 N–H and O–H groups in total. The van der Waals surface area contributed by atoms with Crippen molar-refractivity contribution in [3.05, 3.63) is 315 Å².